The van der Waals surface area contributed by atoms with Gasteiger partial charge in [-0.3, -0.25) is 0 Å². The lowest BCUT2D eigenvalue weighted by Gasteiger charge is -2.31. The lowest BCUT2D eigenvalue weighted by molar-refractivity contribution is -0.0552. The second-order valence-electron chi connectivity index (χ2n) is 6.23. The lowest BCUT2D eigenvalue weighted by Crippen LogP contribution is -2.32. The van der Waals surface area contributed by atoms with Gasteiger partial charge in [-0.1, -0.05) is 19.8 Å². The van der Waals surface area contributed by atoms with Crippen molar-refractivity contribution >= 4 is 0 Å². The van der Waals surface area contributed by atoms with Gasteiger partial charge in [0.05, 0.1) is 18.3 Å². The first-order valence-electron chi connectivity index (χ1n) is 7.20. The van der Waals surface area contributed by atoms with Crippen LogP contribution in [0.1, 0.15) is 51.9 Å². The Morgan fingerprint density at radius 3 is 2.22 bits per heavy atom. The van der Waals surface area contributed by atoms with Crippen LogP contribution in [0.25, 0.3) is 0 Å². The van der Waals surface area contributed by atoms with E-state index in [9.17, 15) is 5.11 Å². The topological polar surface area (TPSA) is 73.2 Å². The number of hydrogen-bond donors (Lipinski definition) is 3. The van der Waals surface area contributed by atoms with E-state index in [4.69, 9.17) is 14.9 Å². The smallest absolute Gasteiger partial charge is 0.151 e. The minimum atomic E-state index is -1.31. The van der Waals surface area contributed by atoms with Crippen molar-refractivity contribution in [1.29, 1.82) is 0 Å². The Bertz CT molecular complexity index is 255. The third-order valence-electron chi connectivity index (χ3n) is 4.61. The molecule has 106 valence electrons. The summed E-state index contributed by atoms with van der Waals surface area (Å²) in [7, 11) is 0. The highest BCUT2D eigenvalue weighted by Crippen LogP contribution is 2.47. The average molecular weight is 258 g/mol. The molecule has 0 aromatic carbocycles. The fraction of sp³-hybridized carbons (Fsp3) is 1.00. The fourth-order valence-corrected chi connectivity index (χ4v) is 3.24. The second-order valence-corrected chi connectivity index (χ2v) is 6.23. The zero-order valence-corrected chi connectivity index (χ0v) is 11.2. The molecule has 2 atom stereocenters. The van der Waals surface area contributed by atoms with Crippen LogP contribution in [0.2, 0.25) is 0 Å². The third kappa shape index (κ3) is 3.67. The van der Waals surface area contributed by atoms with Crippen molar-refractivity contribution in [2.45, 2.75) is 69.9 Å². The Balaban J connectivity index is 1.77. The monoisotopic (exact) mass is 258 g/mol. The molecule has 2 aliphatic rings. The Kier molecular flexibility index (Phi) is 4.64. The van der Waals surface area contributed by atoms with Crippen molar-refractivity contribution in [1.82, 2.24) is 0 Å². The molecular weight excluding hydrogens is 232 g/mol. The van der Waals surface area contributed by atoms with Crippen molar-refractivity contribution in [3.05, 3.63) is 0 Å². The normalized spacial score (nSPS) is 37.8. The fourth-order valence-electron chi connectivity index (χ4n) is 3.24. The maximum atomic E-state index is 9.95. The lowest BCUT2D eigenvalue weighted by atomic mass is 9.74. The summed E-state index contributed by atoms with van der Waals surface area (Å²) in [6, 6.07) is 0. The Hall–Kier alpha value is -0.160. The number of epoxide rings is 1. The molecule has 4 heteroatoms. The van der Waals surface area contributed by atoms with Crippen LogP contribution < -0.4 is 0 Å². The van der Waals surface area contributed by atoms with E-state index in [-0.39, 0.29) is 12.0 Å². The molecule has 2 fully saturated rings. The Morgan fingerprint density at radius 2 is 1.72 bits per heavy atom. The molecule has 1 saturated carbocycles. The van der Waals surface area contributed by atoms with Crippen molar-refractivity contribution in [2.75, 3.05) is 6.61 Å². The Morgan fingerprint density at radius 1 is 1.11 bits per heavy atom. The van der Waals surface area contributed by atoms with E-state index in [0.29, 0.717) is 18.8 Å². The van der Waals surface area contributed by atoms with Gasteiger partial charge in [-0.15, -0.1) is 0 Å². The van der Waals surface area contributed by atoms with Crippen molar-refractivity contribution in [3.8, 4) is 0 Å². The molecule has 0 bridgehead atoms. The van der Waals surface area contributed by atoms with Crippen LogP contribution >= 0.6 is 0 Å². The van der Waals surface area contributed by atoms with Gasteiger partial charge in [0.1, 0.15) is 0 Å². The van der Waals surface area contributed by atoms with Crippen molar-refractivity contribution < 1.29 is 20.1 Å². The number of aliphatic hydroxyl groups excluding tert-OH is 2. The maximum absolute atomic E-state index is 9.95. The van der Waals surface area contributed by atoms with Crippen LogP contribution in [0.3, 0.4) is 0 Å². The van der Waals surface area contributed by atoms with Gasteiger partial charge in [0.25, 0.3) is 0 Å². The highest BCUT2D eigenvalue weighted by atomic mass is 16.6. The second kappa shape index (κ2) is 5.87. The first-order valence-corrected chi connectivity index (χ1v) is 7.20. The summed E-state index contributed by atoms with van der Waals surface area (Å²) >= 11 is 0. The highest BCUT2D eigenvalue weighted by Gasteiger charge is 2.52. The molecule has 0 radical (unpaired) electrons. The van der Waals surface area contributed by atoms with Gasteiger partial charge >= 0.3 is 0 Å². The van der Waals surface area contributed by atoms with E-state index in [1.165, 1.54) is 25.7 Å². The third-order valence-corrected chi connectivity index (χ3v) is 4.61. The summed E-state index contributed by atoms with van der Waals surface area (Å²) in [6.07, 6.45) is 4.47. The molecule has 3 N–H and O–H groups in total. The maximum Gasteiger partial charge on any atom is 0.151 e. The molecule has 0 spiro atoms. The molecule has 1 aliphatic heterocycles. The average Bonchev–Trinajstić information content (AvgIpc) is 3.08. The minimum Gasteiger partial charge on any atom is -0.393 e. The van der Waals surface area contributed by atoms with Crippen LogP contribution in [0.5, 0.6) is 0 Å². The molecule has 2 unspecified atom stereocenters. The van der Waals surface area contributed by atoms with E-state index in [0.717, 1.165) is 12.5 Å². The zero-order chi connectivity index (χ0) is 13.2. The summed E-state index contributed by atoms with van der Waals surface area (Å²) in [5.41, 5.74) is -0.0973. The molecule has 0 aromatic rings. The summed E-state index contributed by atoms with van der Waals surface area (Å²) in [6.45, 7) is 3.07. The number of rotatable bonds is 6. The van der Waals surface area contributed by atoms with E-state index in [1.807, 2.05) is 0 Å². The van der Waals surface area contributed by atoms with Gasteiger partial charge in [0, 0.05) is 12.8 Å². The largest absolute Gasteiger partial charge is 0.393 e. The van der Waals surface area contributed by atoms with Gasteiger partial charge in [-0.05, 0) is 31.1 Å². The first kappa shape index (κ1) is 14.3. The van der Waals surface area contributed by atoms with E-state index in [1.54, 1.807) is 0 Å². The quantitative estimate of drug-likeness (QED) is 0.498. The molecule has 0 aromatic heterocycles. The number of hydrogen-bond acceptors (Lipinski definition) is 4. The van der Waals surface area contributed by atoms with Crippen molar-refractivity contribution in [3.63, 3.8) is 0 Å². The van der Waals surface area contributed by atoms with Gasteiger partial charge in [0.2, 0.25) is 0 Å². The van der Waals surface area contributed by atoms with Crippen LogP contribution in [-0.4, -0.2) is 39.9 Å². The minimum absolute atomic E-state index is 0.0973. The van der Waals surface area contributed by atoms with E-state index < -0.39 is 12.4 Å². The van der Waals surface area contributed by atoms with Gasteiger partial charge < -0.3 is 20.1 Å². The van der Waals surface area contributed by atoms with Gasteiger partial charge in [-0.2, -0.15) is 0 Å². The SMILES string of the molecule is CC1CCC(C2(CC(O)CCC(O)O)CO2)CC1. The van der Waals surface area contributed by atoms with Gasteiger partial charge in [0.15, 0.2) is 6.29 Å². The van der Waals surface area contributed by atoms with Crippen LogP contribution in [0, 0.1) is 11.8 Å². The number of aliphatic hydroxyl groups is 3. The predicted molar refractivity (Wildman–Crippen MR) is 67.9 cm³/mol. The summed E-state index contributed by atoms with van der Waals surface area (Å²) < 4.78 is 5.66. The summed E-state index contributed by atoms with van der Waals surface area (Å²) in [5.74, 6) is 1.41. The van der Waals surface area contributed by atoms with E-state index in [2.05, 4.69) is 6.92 Å². The highest BCUT2D eigenvalue weighted by molar-refractivity contribution is 5.00. The first-order chi connectivity index (χ1) is 8.52. The van der Waals surface area contributed by atoms with Crippen molar-refractivity contribution in [2.24, 2.45) is 11.8 Å². The summed E-state index contributed by atoms with van der Waals surface area (Å²) in [4.78, 5) is 0. The molecule has 1 heterocycles. The standard InChI is InChI=1S/C14H26O4/c1-10-2-4-11(5-3-10)14(9-18-14)8-12(15)6-7-13(16)17/h10-13,15-17H,2-9H2,1H3. The molecule has 1 aliphatic carbocycles. The van der Waals surface area contributed by atoms with E-state index >= 15 is 0 Å². The molecular formula is C14H26O4. The zero-order valence-electron chi connectivity index (χ0n) is 11.2. The number of ether oxygens (including phenoxy) is 1. The van der Waals surface area contributed by atoms with Crippen LogP contribution in [0.4, 0.5) is 0 Å². The van der Waals surface area contributed by atoms with Crippen LogP contribution in [-0.2, 0) is 4.74 Å². The predicted octanol–water partition coefficient (Wildman–Crippen LogP) is 1.42. The van der Waals surface area contributed by atoms with Gasteiger partial charge in [-0.25, -0.2) is 0 Å². The molecule has 1 saturated heterocycles. The molecule has 2 rings (SSSR count). The summed E-state index contributed by atoms with van der Waals surface area (Å²) in [5, 5.41) is 27.6. The molecule has 18 heavy (non-hydrogen) atoms. The molecule has 4 nitrogen and oxygen atoms in total. The van der Waals surface area contributed by atoms with Crippen LogP contribution in [0.15, 0.2) is 0 Å². The Labute approximate surface area is 109 Å². The molecule has 0 amide bonds.